The van der Waals surface area contributed by atoms with Crippen molar-refractivity contribution in [1.29, 1.82) is 5.26 Å². The highest BCUT2D eigenvalue weighted by molar-refractivity contribution is 8.00. The zero-order valence-electron chi connectivity index (χ0n) is 15.0. The molecule has 5 nitrogen and oxygen atoms in total. The molecular formula is C20H21N3O2S. The highest BCUT2D eigenvalue weighted by Crippen LogP contribution is 2.31. The molecule has 0 unspecified atom stereocenters. The van der Waals surface area contributed by atoms with Crippen LogP contribution in [0.5, 0.6) is 5.75 Å². The number of amides is 1. The molecule has 26 heavy (non-hydrogen) atoms. The molecular weight excluding hydrogens is 346 g/mol. The first-order chi connectivity index (χ1) is 12.6. The normalized spacial score (nSPS) is 12.3. The van der Waals surface area contributed by atoms with Gasteiger partial charge in [0.25, 0.3) is 0 Å². The number of nitrogens with zero attached hydrogens (tertiary/aromatic N) is 2. The molecule has 2 aromatic rings. The van der Waals surface area contributed by atoms with Gasteiger partial charge in [0.1, 0.15) is 16.8 Å². The number of hydrogen-bond donors (Lipinski definition) is 1. The van der Waals surface area contributed by atoms with Crippen LogP contribution in [0.15, 0.2) is 29.3 Å². The summed E-state index contributed by atoms with van der Waals surface area (Å²) < 4.78 is 5.18. The molecule has 1 aliphatic rings. The summed E-state index contributed by atoms with van der Waals surface area (Å²) in [5, 5.41) is 13.0. The van der Waals surface area contributed by atoms with Gasteiger partial charge in [-0.2, -0.15) is 5.26 Å². The number of rotatable bonds is 6. The maximum absolute atomic E-state index is 12.2. The molecule has 0 spiro atoms. The van der Waals surface area contributed by atoms with Crippen LogP contribution in [0.4, 0.5) is 0 Å². The SMILES string of the molecule is COc1cccc(CNC(=O)CSc2nc3c(c(C)c2C#N)CCC3)c1. The van der Waals surface area contributed by atoms with E-state index in [1.54, 1.807) is 7.11 Å². The average molecular weight is 367 g/mol. The first-order valence-corrected chi connectivity index (χ1v) is 9.55. The highest BCUT2D eigenvalue weighted by Gasteiger charge is 2.21. The maximum Gasteiger partial charge on any atom is 0.230 e. The molecule has 0 aliphatic heterocycles. The van der Waals surface area contributed by atoms with Crippen molar-refractivity contribution in [1.82, 2.24) is 10.3 Å². The minimum Gasteiger partial charge on any atom is -0.497 e. The summed E-state index contributed by atoms with van der Waals surface area (Å²) in [6.45, 7) is 2.43. The highest BCUT2D eigenvalue weighted by atomic mass is 32.2. The van der Waals surface area contributed by atoms with Gasteiger partial charge in [-0.3, -0.25) is 4.79 Å². The third kappa shape index (κ3) is 4.00. The van der Waals surface area contributed by atoms with E-state index in [9.17, 15) is 10.1 Å². The number of carbonyl (C=O) groups excluding carboxylic acids is 1. The number of pyridine rings is 1. The Bertz CT molecular complexity index is 874. The number of aryl methyl sites for hydroxylation is 1. The summed E-state index contributed by atoms with van der Waals surface area (Å²) in [4.78, 5) is 16.8. The molecule has 1 aliphatic carbocycles. The van der Waals surface area contributed by atoms with Crippen molar-refractivity contribution in [3.05, 3.63) is 52.2 Å². The van der Waals surface area contributed by atoms with Crippen LogP contribution in [-0.2, 0) is 24.2 Å². The van der Waals surface area contributed by atoms with Gasteiger partial charge in [0.15, 0.2) is 0 Å². The van der Waals surface area contributed by atoms with Crippen LogP contribution < -0.4 is 10.1 Å². The lowest BCUT2D eigenvalue weighted by atomic mass is 10.0. The van der Waals surface area contributed by atoms with Gasteiger partial charge >= 0.3 is 0 Å². The number of fused-ring (bicyclic) bond motifs is 1. The van der Waals surface area contributed by atoms with Gasteiger partial charge in [-0.1, -0.05) is 23.9 Å². The maximum atomic E-state index is 12.2. The average Bonchev–Trinajstić information content (AvgIpc) is 3.14. The number of aromatic nitrogens is 1. The zero-order chi connectivity index (χ0) is 18.5. The molecule has 0 atom stereocenters. The number of methoxy groups -OCH3 is 1. The Balaban J connectivity index is 1.61. The van der Waals surface area contributed by atoms with Gasteiger partial charge in [-0.25, -0.2) is 4.98 Å². The zero-order valence-corrected chi connectivity index (χ0v) is 15.8. The third-order valence-corrected chi connectivity index (χ3v) is 5.52. The van der Waals surface area contributed by atoms with Crippen molar-refractivity contribution in [2.45, 2.75) is 37.8 Å². The Morgan fingerprint density at radius 1 is 1.42 bits per heavy atom. The lowest BCUT2D eigenvalue weighted by molar-refractivity contribution is -0.118. The molecule has 1 heterocycles. The number of nitriles is 1. The predicted molar refractivity (Wildman–Crippen MR) is 101 cm³/mol. The summed E-state index contributed by atoms with van der Waals surface area (Å²) in [5.41, 5.74) is 4.91. The van der Waals surface area contributed by atoms with Crippen molar-refractivity contribution < 1.29 is 9.53 Å². The van der Waals surface area contributed by atoms with E-state index in [4.69, 9.17) is 4.74 Å². The molecule has 1 aromatic heterocycles. The Labute approximate surface area is 157 Å². The van der Waals surface area contributed by atoms with Gasteiger partial charge in [-0.15, -0.1) is 0 Å². The smallest absolute Gasteiger partial charge is 0.230 e. The van der Waals surface area contributed by atoms with Crippen molar-refractivity contribution >= 4 is 17.7 Å². The molecule has 1 amide bonds. The molecule has 6 heteroatoms. The minimum atomic E-state index is -0.0818. The van der Waals surface area contributed by atoms with Crippen LogP contribution in [0.3, 0.4) is 0 Å². The molecule has 0 bridgehead atoms. The van der Waals surface area contributed by atoms with E-state index in [2.05, 4.69) is 16.4 Å². The van der Waals surface area contributed by atoms with Crippen LogP contribution in [0.1, 0.15) is 34.4 Å². The summed E-state index contributed by atoms with van der Waals surface area (Å²) >= 11 is 1.33. The van der Waals surface area contributed by atoms with E-state index in [0.29, 0.717) is 17.1 Å². The van der Waals surface area contributed by atoms with Crippen molar-refractivity contribution in [2.24, 2.45) is 0 Å². The van der Waals surface area contributed by atoms with Crippen molar-refractivity contribution in [3.8, 4) is 11.8 Å². The number of nitrogens with one attached hydrogen (secondary N) is 1. The second-order valence-corrected chi connectivity index (χ2v) is 7.19. The number of benzene rings is 1. The Kier molecular flexibility index (Phi) is 5.79. The fraction of sp³-hybridized carbons (Fsp3) is 0.350. The van der Waals surface area contributed by atoms with E-state index in [1.807, 2.05) is 31.2 Å². The summed E-state index contributed by atoms with van der Waals surface area (Å²) in [6.07, 6.45) is 3.04. The third-order valence-electron chi connectivity index (χ3n) is 4.54. The molecule has 134 valence electrons. The number of thioether (sulfide) groups is 1. The van der Waals surface area contributed by atoms with Crippen molar-refractivity contribution in [3.63, 3.8) is 0 Å². The Morgan fingerprint density at radius 3 is 3.04 bits per heavy atom. The molecule has 1 N–H and O–H groups in total. The van der Waals surface area contributed by atoms with Crippen LogP contribution in [0.25, 0.3) is 0 Å². The van der Waals surface area contributed by atoms with Crippen LogP contribution in [0, 0.1) is 18.3 Å². The largest absolute Gasteiger partial charge is 0.497 e. The number of carbonyl (C=O) groups is 1. The topological polar surface area (TPSA) is 75.0 Å². The monoisotopic (exact) mass is 367 g/mol. The van der Waals surface area contributed by atoms with Gasteiger partial charge < -0.3 is 10.1 Å². The van der Waals surface area contributed by atoms with Crippen LogP contribution in [-0.4, -0.2) is 23.8 Å². The molecule has 1 aromatic carbocycles. The summed E-state index contributed by atoms with van der Waals surface area (Å²) in [7, 11) is 1.62. The standard InChI is InChI=1S/C20H21N3O2S/c1-13-16-7-4-8-18(16)23-20(17(13)10-21)26-12-19(24)22-11-14-5-3-6-15(9-14)25-2/h3,5-6,9H,4,7-8,11-12H2,1-2H3,(H,22,24). The first kappa shape index (κ1) is 18.3. The van der Waals surface area contributed by atoms with Gasteiger partial charge in [-0.05, 0) is 55.0 Å². The van der Waals surface area contributed by atoms with Gasteiger partial charge in [0.05, 0.1) is 18.4 Å². The van der Waals surface area contributed by atoms with E-state index in [-0.39, 0.29) is 11.7 Å². The van der Waals surface area contributed by atoms with E-state index in [0.717, 1.165) is 41.8 Å². The molecule has 0 saturated carbocycles. The first-order valence-electron chi connectivity index (χ1n) is 8.57. The number of ether oxygens (including phenoxy) is 1. The van der Waals surface area contributed by atoms with Crippen molar-refractivity contribution in [2.75, 3.05) is 12.9 Å². The molecule has 0 saturated heterocycles. The van der Waals surface area contributed by atoms with Crippen LogP contribution >= 0.6 is 11.8 Å². The fourth-order valence-corrected chi connectivity index (χ4v) is 4.04. The summed E-state index contributed by atoms with van der Waals surface area (Å²) in [5.74, 6) is 0.924. The van der Waals surface area contributed by atoms with Crippen LogP contribution in [0.2, 0.25) is 0 Å². The lowest BCUT2D eigenvalue weighted by Gasteiger charge is -2.11. The van der Waals surface area contributed by atoms with Gasteiger partial charge in [0, 0.05) is 12.2 Å². The Morgan fingerprint density at radius 2 is 2.27 bits per heavy atom. The quantitative estimate of drug-likeness (QED) is 0.794. The molecule has 0 fully saturated rings. The van der Waals surface area contributed by atoms with Gasteiger partial charge in [0.2, 0.25) is 5.91 Å². The second kappa shape index (κ2) is 8.24. The lowest BCUT2D eigenvalue weighted by Crippen LogP contribution is -2.24. The van der Waals surface area contributed by atoms with E-state index in [1.165, 1.54) is 17.3 Å². The van der Waals surface area contributed by atoms with E-state index >= 15 is 0 Å². The fourth-order valence-electron chi connectivity index (χ4n) is 3.15. The minimum absolute atomic E-state index is 0.0818. The van der Waals surface area contributed by atoms with E-state index < -0.39 is 0 Å². The predicted octanol–water partition coefficient (Wildman–Crippen LogP) is 3.17. The second-order valence-electron chi connectivity index (χ2n) is 6.22. The molecule has 0 radical (unpaired) electrons. The summed E-state index contributed by atoms with van der Waals surface area (Å²) in [6, 6.07) is 9.86. The molecule has 3 rings (SSSR count). The number of hydrogen-bond acceptors (Lipinski definition) is 5. The Hall–Kier alpha value is -2.52.